The number of nitrogens with one attached hydrogen (secondary N) is 2. The molecule has 0 spiro atoms. The van der Waals surface area contributed by atoms with E-state index in [1.807, 2.05) is 0 Å². The molecule has 0 bridgehead atoms. The molecule has 1 aromatic rings. The van der Waals surface area contributed by atoms with E-state index in [0.717, 1.165) is 12.8 Å². The van der Waals surface area contributed by atoms with E-state index in [1.165, 1.54) is 51.4 Å². The molecule has 0 atom stereocenters. The van der Waals surface area contributed by atoms with E-state index in [9.17, 15) is 9.59 Å². The summed E-state index contributed by atoms with van der Waals surface area (Å²) in [6, 6.07) is 4.64. The van der Waals surface area contributed by atoms with E-state index in [1.54, 1.807) is 18.2 Å². The first-order valence-corrected chi connectivity index (χ1v) is 10.3. The number of halogens is 2. The zero-order valence-corrected chi connectivity index (χ0v) is 17.1. The molecule has 0 aliphatic carbocycles. The van der Waals surface area contributed by atoms with Gasteiger partial charge in [-0.2, -0.15) is 0 Å². The van der Waals surface area contributed by atoms with Crippen LogP contribution in [0.3, 0.4) is 0 Å². The summed E-state index contributed by atoms with van der Waals surface area (Å²) in [5, 5.41) is 5.94. The van der Waals surface area contributed by atoms with Gasteiger partial charge in [0.15, 0.2) is 0 Å². The Morgan fingerprint density at radius 3 is 1.81 bits per heavy atom. The molecule has 4 nitrogen and oxygen atoms in total. The molecule has 146 valence electrons. The molecule has 2 N–H and O–H groups in total. The smallest absolute Gasteiger partial charge is 0.313 e. The van der Waals surface area contributed by atoms with Gasteiger partial charge in [-0.15, -0.1) is 0 Å². The Kier molecular flexibility index (Phi) is 12.2. The zero-order chi connectivity index (χ0) is 19.2. The van der Waals surface area contributed by atoms with Gasteiger partial charge >= 0.3 is 11.8 Å². The maximum absolute atomic E-state index is 11.8. The summed E-state index contributed by atoms with van der Waals surface area (Å²) in [5.74, 6) is -1.35. The van der Waals surface area contributed by atoms with Gasteiger partial charge in [0.2, 0.25) is 0 Å². The zero-order valence-electron chi connectivity index (χ0n) is 15.6. The molecule has 0 fully saturated rings. The lowest BCUT2D eigenvalue weighted by molar-refractivity contribution is -0.136. The molecule has 2 amide bonds. The lowest BCUT2D eigenvalue weighted by Crippen LogP contribution is -2.35. The average Bonchev–Trinajstić information content (AvgIpc) is 2.58. The second-order valence-corrected chi connectivity index (χ2v) is 7.42. The minimum atomic E-state index is -0.713. The Morgan fingerprint density at radius 2 is 1.27 bits per heavy atom. The van der Waals surface area contributed by atoms with Crippen molar-refractivity contribution in [2.45, 2.75) is 71.1 Å². The van der Waals surface area contributed by atoms with Crippen LogP contribution in [0.4, 0.5) is 5.69 Å². The summed E-state index contributed by atoms with van der Waals surface area (Å²) >= 11 is 11.7. The number of hydrogen-bond donors (Lipinski definition) is 2. The van der Waals surface area contributed by atoms with E-state index >= 15 is 0 Å². The molecule has 0 aliphatic rings. The summed E-state index contributed by atoms with van der Waals surface area (Å²) in [6.07, 6.45) is 12.3. The molecule has 0 radical (unpaired) electrons. The number of benzene rings is 1. The highest BCUT2D eigenvalue weighted by Crippen LogP contribution is 2.22. The minimum Gasteiger partial charge on any atom is -0.348 e. The summed E-state index contributed by atoms with van der Waals surface area (Å²) in [7, 11) is 0. The molecule has 0 heterocycles. The van der Waals surface area contributed by atoms with Crippen LogP contribution in [0.25, 0.3) is 0 Å². The first-order valence-electron chi connectivity index (χ1n) is 9.58. The minimum absolute atomic E-state index is 0.401. The third-order valence-electron chi connectivity index (χ3n) is 4.14. The molecule has 6 heteroatoms. The molecule has 0 aliphatic heterocycles. The van der Waals surface area contributed by atoms with Crippen LogP contribution in [0.1, 0.15) is 71.1 Å². The van der Waals surface area contributed by atoms with Crippen molar-refractivity contribution in [1.82, 2.24) is 5.32 Å². The van der Waals surface area contributed by atoms with Gasteiger partial charge < -0.3 is 10.6 Å². The fourth-order valence-corrected chi connectivity index (χ4v) is 3.23. The third kappa shape index (κ3) is 10.7. The monoisotopic (exact) mass is 400 g/mol. The van der Waals surface area contributed by atoms with Crippen molar-refractivity contribution in [2.75, 3.05) is 11.9 Å². The number of carbonyl (C=O) groups is 2. The molecular weight excluding hydrogens is 371 g/mol. The standard InChI is InChI=1S/C20H30Cl2N2O2/c1-2-3-4-5-6-7-8-9-10-11-12-23-19(25)20(26)24-18-14-16(21)13-17(22)15-18/h13-15H,2-12H2,1H3,(H,23,25)(H,24,26). The van der Waals surface area contributed by atoms with Gasteiger partial charge in [0.1, 0.15) is 0 Å². The van der Waals surface area contributed by atoms with E-state index in [4.69, 9.17) is 23.2 Å². The third-order valence-corrected chi connectivity index (χ3v) is 4.58. The largest absolute Gasteiger partial charge is 0.348 e. The number of hydrogen-bond acceptors (Lipinski definition) is 2. The van der Waals surface area contributed by atoms with Crippen molar-refractivity contribution in [1.29, 1.82) is 0 Å². The fraction of sp³-hybridized carbons (Fsp3) is 0.600. The van der Waals surface area contributed by atoms with Crippen LogP contribution >= 0.6 is 23.2 Å². The van der Waals surface area contributed by atoms with Gasteiger partial charge in [0.25, 0.3) is 0 Å². The second-order valence-electron chi connectivity index (χ2n) is 6.55. The Balaban J connectivity index is 2.06. The topological polar surface area (TPSA) is 58.2 Å². The van der Waals surface area contributed by atoms with E-state index < -0.39 is 11.8 Å². The molecule has 1 rings (SSSR count). The Hall–Kier alpha value is -1.26. The number of carbonyl (C=O) groups excluding carboxylic acids is 2. The van der Waals surface area contributed by atoms with Crippen LogP contribution in [0.15, 0.2) is 18.2 Å². The van der Waals surface area contributed by atoms with Crippen molar-refractivity contribution >= 4 is 40.7 Å². The van der Waals surface area contributed by atoms with Gasteiger partial charge in [-0.3, -0.25) is 9.59 Å². The van der Waals surface area contributed by atoms with Crippen molar-refractivity contribution in [3.05, 3.63) is 28.2 Å². The normalized spacial score (nSPS) is 10.6. The highest BCUT2D eigenvalue weighted by atomic mass is 35.5. The molecule has 26 heavy (non-hydrogen) atoms. The van der Waals surface area contributed by atoms with Crippen molar-refractivity contribution in [2.24, 2.45) is 0 Å². The predicted molar refractivity (Wildman–Crippen MR) is 110 cm³/mol. The lowest BCUT2D eigenvalue weighted by atomic mass is 10.1. The molecule has 0 aromatic heterocycles. The molecule has 0 saturated heterocycles. The highest BCUT2D eigenvalue weighted by molar-refractivity contribution is 6.40. The fourth-order valence-electron chi connectivity index (χ4n) is 2.71. The number of rotatable bonds is 12. The predicted octanol–water partition coefficient (Wildman–Crippen LogP) is 5.97. The maximum Gasteiger partial charge on any atom is 0.313 e. The van der Waals surface area contributed by atoms with Gasteiger partial charge in [0.05, 0.1) is 0 Å². The first-order chi connectivity index (χ1) is 12.5. The summed E-state index contributed by atoms with van der Waals surface area (Å²) < 4.78 is 0. The van der Waals surface area contributed by atoms with Crippen molar-refractivity contribution < 1.29 is 9.59 Å². The van der Waals surface area contributed by atoms with Crippen LogP contribution in [-0.2, 0) is 9.59 Å². The first kappa shape index (κ1) is 22.8. The van der Waals surface area contributed by atoms with Crippen LogP contribution < -0.4 is 10.6 Å². The molecular formula is C20H30Cl2N2O2. The number of amides is 2. The number of unbranched alkanes of at least 4 members (excludes halogenated alkanes) is 9. The Morgan fingerprint density at radius 1 is 0.769 bits per heavy atom. The van der Waals surface area contributed by atoms with Crippen LogP contribution in [0, 0.1) is 0 Å². The van der Waals surface area contributed by atoms with Crippen LogP contribution in [0.5, 0.6) is 0 Å². The highest BCUT2D eigenvalue weighted by Gasteiger charge is 2.13. The number of anilines is 1. The Bertz CT molecular complexity index is 544. The van der Waals surface area contributed by atoms with Crippen LogP contribution in [-0.4, -0.2) is 18.4 Å². The van der Waals surface area contributed by atoms with Crippen molar-refractivity contribution in [3.63, 3.8) is 0 Å². The summed E-state index contributed by atoms with van der Waals surface area (Å²) in [6.45, 7) is 2.74. The summed E-state index contributed by atoms with van der Waals surface area (Å²) in [4.78, 5) is 23.6. The van der Waals surface area contributed by atoms with Gasteiger partial charge in [-0.25, -0.2) is 0 Å². The Labute approximate surface area is 167 Å². The second kappa shape index (κ2) is 13.9. The van der Waals surface area contributed by atoms with Crippen LogP contribution in [0.2, 0.25) is 10.0 Å². The van der Waals surface area contributed by atoms with Gasteiger partial charge in [-0.05, 0) is 24.6 Å². The lowest BCUT2D eigenvalue weighted by Gasteiger charge is -2.07. The molecule has 0 unspecified atom stereocenters. The van der Waals surface area contributed by atoms with Gasteiger partial charge in [0, 0.05) is 22.3 Å². The molecule has 0 saturated carbocycles. The maximum atomic E-state index is 11.8. The van der Waals surface area contributed by atoms with E-state index in [2.05, 4.69) is 17.6 Å². The van der Waals surface area contributed by atoms with E-state index in [-0.39, 0.29) is 0 Å². The average molecular weight is 401 g/mol. The van der Waals surface area contributed by atoms with E-state index in [0.29, 0.717) is 22.3 Å². The van der Waals surface area contributed by atoms with Gasteiger partial charge in [-0.1, -0.05) is 87.9 Å². The molecule has 1 aromatic carbocycles. The summed E-state index contributed by atoms with van der Waals surface area (Å²) in [5.41, 5.74) is 0.404. The quantitative estimate of drug-likeness (QED) is 0.335. The SMILES string of the molecule is CCCCCCCCCCCCNC(=O)C(=O)Nc1cc(Cl)cc(Cl)c1. The van der Waals surface area contributed by atoms with Crippen molar-refractivity contribution in [3.8, 4) is 0 Å².